The summed E-state index contributed by atoms with van der Waals surface area (Å²) in [5.74, 6) is 0.742. The van der Waals surface area contributed by atoms with E-state index in [1.165, 1.54) is 32.1 Å². The number of hydrogen-bond donors (Lipinski definition) is 1. The van der Waals surface area contributed by atoms with Crippen LogP contribution in [-0.4, -0.2) is 19.1 Å². The van der Waals surface area contributed by atoms with Gasteiger partial charge in [0, 0.05) is 12.1 Å². The predicted molar refractivity (Wildman–Crippen MR) is 113 cm³/mol. The molecule has 0 aliphatic heterocycles. The first-order valence-corrected chi connectivity index (χ1v) is 10.2. The van der Waals surface area contributed by atoms with Crippen molar-refractivity contribution in [3.05, 3.63) is 54.1 Å². The van der Waals surface area contributed by atoms with E-state index < -0.39 is 0 Å². The number of rotatable bonds is 12. The van der Waals surface area contributed by atoms with Crippen LogP contribution >= 0.6 is 0 Å². The lowest BCUT2D eigenvalue weighted by molar-refractivity contribution is 0.0954. The molecule has 28 heavy (non-hydrogen) atoms. The Bertz CT molecular complexity index is 746. The van der Waals surface area contributed by atoms with Crippen LogP contribution in [0.5, 0.6) is 5.75 Å². The molecule has 0 heterocycles. The van der Waals surface area contributed by atoms with Crippen LogP contribution in [-0.2, 0) is 0 Å². The third kappa shape index (κ3) is 7.44. The standard InChI is InChI=1S/C24H30N2O2/c1-2-3-4-5-6-7-19-28-23-15-13-21(14-16-23)20-9-11-22(12-10-20)24(27)26-18-8-17-25/h9-16H,2-8,18-19H2,1H3,(H,26,27). The van der Waals surface area contributed by atoms with Gasteiger partial charge in [-0.25, -0.2) is 0 Å². The summed E-state index contributed by atoms with van der Waals surface area (Å²) >= 11 is 0. The van der Waals surface area contributed by atoms with E-state index in [-0.39, 0.29) is 5.91 Å². The van der Waals surface area contributed by atoms with E-state index in [1.807, 2.05) is 42.5 Å². The Balaban J connectivity index is 1.79. The van der Waals surface area contributed by atoms with Gasteiger partial charge < -0.3 is 10.1 Å². The lowest BCUT2D eigenvalue weighted by atomic mass is 10.0. The molecule has 0 fully saturated rings. The van der Waals surface area contributed by atoms with Gasteiger partial charge in [0.05, 0.1) is 19.1 Å². The lowest BCUT2D eigenvalue weighted by Crippen LogP contribution is -2.24. The summed E-state index contributed by atoms with van der Waals surface area (Å²) in [6.07, 6.45) is 7.87. The van der Waals surface area contributed by atoms with E-state index in [1.54, 1.807) is 12.1 Å². The molecule has 4 nitrogen and oxygen atoms in total. The van der Waals surface area contributed by atoms with E-state index in [4.69, 9.17) is 10.00 Å². The largest absolute Gasteiger partial charge is 0.494 e. The average Bonchev–Trinajstić information content (AvgIpc) is 2.74. The highest BCUT2D eigenvalue weighted by Crippen LogP contribution is 2.23. The number of nitrogens with one attached hydrogen (secondary N) is 1. The number of carbonyl (C=O) groups excluding carboxylic acids is 1. The van der Waals surface area contributed by atoms with Crippen molar-refractivity contribution < 1.29 is 9.53 Å². The average molecular weight is 379 g/mol. The van der Waals surface area contributed by atoms with Crippen molar-refractivity contribution in [3.8, 4) is 22.9 Å². The minimum absolute atomic E-state index is 0.153. The normalized spacial score (nSPS) is 10.3. The number of unbranched alkanes of at least 4 members (excludes halogenated alkanes) is 5. The molecule has 0 saturated heterocycles. The zero-order valence-electron chi connectivity index (χ0n) is 16.7. The second-order valence-electron chi connectivity index (χ2n) is 6.88. The maximum atomic E-state index is 12.0. The van der Waals surface area contributed by atoms with Gasteiger partial charge in [0.2, 0.25) is 0 Å². The zero-order chi connectivity index (χ0) is 20.0. The van der Waals surface area contributed by atoms with Gasteiger partial charge in [-0.1, -0.05) is 63.3 Å². The summed E-state index contributed by atoms with van der Waals surface area (Å²) in [5.41, 5.74) is 2.74. The second kappa shape index (κ2) is 12.6. The van der Waals surface area contributed by atoms with Gasteiger partial charge in [0.1, 0.15) is 5.75 Å². The molecule has 2 aromatic rings. The van der Waals surface area contributed by atoms with Crippen LogP contribution in [0.3, 0.4) is 0 Å². The topological polar surface area (TPSA) is 62.1 Å². The Morgan fingerprint density at radius 2 is 1.54 bits per heavy atom. The summed E-state index contributed by atoms with van der Waals surface area (Å²) in [7, 11) is 0. The van der Waals surface area contributed by atoms with Crippen LogP contribution in [0.15, 0.2) is 48.5 Å². The van der Waals surface area contributed by atoms with Gasteiger partial charge in [-0.2, -0.15) is 5.26 Å². The molecule has 2 rings (SSSR count). The molecule has 0 saturated carbocycles. The third-order valence-electron chi connectivity index (χ3n) is 4.62. The molecule has 0 unspecified atom stereocenters. The summed E-state index contributed by atoms with van der Waals surface area (Å²) in [4.78, 5) is 12.0. The fraction of sp³-hybridized carbons (Fsp3) is 0.417. The number of amides is 1. The molecule has 1 N–H and O–H groups in total. The molecule has 4 heteroatoms. The summed E-state index contributed by atoms with van der Waals surface area (Å²) in [6, 6.07) is 17.6. The quantitative estimate of drug-likeness (QED) is 0.479. The van der Waals surface area contributed by atoms with Crippen LogP contribution in [0.4, 0.5) is 0 Å². The van der Waals surface area contributed by atoms with E-state index in [0.717, 1.165) is 29.9 Å². The SMILES string of the molecule is CCCCCCCCOc1ccc(-c2ccc(C(=O)NCCC#N)cc2)cc1. The van der Waals surface area contributed by atoms with Crippen molar-refractivity contribution in [1.82, 2.24) is 5.32 Å². The lowest BCUT2D eigenvalue weighted by Gasteiger charge is -2.08. The molecule has 0 aliphatic carbocycles. The highest BCUT2D eigenvalue weighted by molar-refractivity contribution is 5.94. The Labute approximate surface area is 168 Å². The van der Waals surface area contributed by atoms with Crippen molar-refractivity contribution in [2.24, 2.45) is 0 Å². The van der Waals surface area contributed by atoms with Crippen molar-refractivity contribution >= 4 is 5.91 Å². The Morgan fingerprint density at radius 3 is 2.18 bits per heavy atom. The smallest absolute Gasteiger partial charge is 0.251 e. The summed E-state index contributed by atoms with van der Waals surface area (Å²) in [5, 5.41) is 11.2. The second-order valence-corrected chi connectivity index (χ2v) is 6.88. The minimum atomic E-state index is -0.153. The van der Waals surface area contributed by atoms with Crippen LogP contribution in [0.1, 0.15) is 62.2 Å². The van der Waals surface area contributed by atoms with E-state index in [9.17, 15) is 4.79 Å². The molecule has 0 spiro atoms. The molecular formula is C24H30N2O2. The summed E-state index contributed by atoms with van der Waals surface area (Å²) < 4.78 is 5.82. The summed E-state index contributed by atoms with van der Waals surface area (Å²) in [6.45, 7) is 3.37. The first-order chi connectivity index (χ1) is 13.7. The maximum absolute atomic E-state index is 12.0. The number of hydrogen-bond acceptors (Lipinski definition) is 3. The van der Waals surface area contributed by atoms with E-state index in [0.29, 0.717) is 18.5 Å². The van der Waals surface area contributed by atoms with Crippen molar-refractivity contribution in [3.63, 3.8) is 0 Å². The molecule has 0 bridgehead atoms. The van der Waals surface area contributed by atoms with Gasteiger partial charge in [0.15, 0.2) is 0 Å². The van der Waals surface area contributed by atoms with Crippen molar-refractivity contribution in [2.75, 3.05) is 13.2 Å². The molecular weight excluding hydrogens is 348 g/mol. The van der Waals surface area contributed by atoms with Crippen LogP contribution in [0, 0.1) is 11.3 Å². The predicted octanol–water partition coefficient (Wildman–Crippen LogP) is 5.74. The first-order valence-electron chi connectivity index (χ1n) is 10.2. The van der Waals surface area contributed by atoms with Gasteiger partial charge in [0.25, 0.3) is 5.91 Å². The van der Waals surface area contributed by atoms with Gasteiger partial charge in [-0.05, 0) is 41.8 Å². The Kier molecular flexibility index (Phi) is 9.65. The number of benzene rings is 2. The molecule has 0 aliphatic rings. The van der Waals surface area contributed by atoms with Gasteiger partial charge >= 0.3 is 0 Å². The minimum Gasteiger partial charge on any atom is -0.494 e. The number of carbonyl (C=O) groups is 1. The van der Waals surface area contributed by atoms with Gasteiger partial charge in [-0.15, -0.1) is 0 Å². The maximum Gasteiger partial charge on any atom is 0.251 e. The van der Waals surface area contributed by atoms with E-state index in [2.05, 4.69) is 12.2 Å². The number of nitriles is 1. The molecule has 148 valence electrons. The monoisotopic (exact) mass is 378 g/mol. The zero-order valence-corrected chi connectivity index (χ0v) is 16.7. The number of ether oxygens (including phenoxy) is 1. The molecule has 0 aromatic heterocycles. The van der Waals surface area contributed by atoms with Crippen molar-refractivity contribution in [1.29, 1.82) is 5.26 Å². The van der Waals surface area contributed by atoms with Crippen LogP contribution in [0.25, 0.3) is 11.1 Å². The fourth-order valence-corrected chi connectivity index (χ4v) is 2.96. The van der Waals surface area contributed by atoms with E-state index >= 15 is 0 Å². The Hall–Kier alpha value is -2.80. The van der Waals surface area contributed by atoms with Crippen molar-refractivity contribution in [2.45, 2.75) is 51.9 Å². The molecule has 0 atom stereocenters. The van der Waals surface area contributed by atoms with Gasteiger partial charge in [-0.3, -0.25) is 4.79 Å². The molecule has 1 amide bonds. The molecule has 0 radical (unpaired) electrons. The third-order valence-corrected chi connectivity index (χ3v) is 4.62. The fourth-order valence-electron chi connectivity index (χ4n) is 2.96. The van der Waals surface area contributed by atoms with Crippen LogP contribution in [0.2, 0.25) is 0 Å². The highest BCUT2D eigenvalue weighted by Gasteiger charge is 2.05. The number of nitrogens with zero attached hydrogens (tertiary/aromatic N) is 1. The first kappa shape index (κ1) is 21.5. The Morgan fingerprint density at radius 1 is 0.929 bits per heavy atom. The highest BCUT2D eigenvalue weighted by atomic mass is 16.5. The van der Waals surface area contributed by atoms with Crippen LogP contribution < -0.4 is 10.1 Å². The molecule has 2 aromatic carbocycles.